The van der Waals surface area contributed by atoms with Gasteiger partial charge in [-0.25, -0.2) is 8.42 Å². The van der Waals surface area contributed by atoms with E-state index < -0.39 is 16.1 Å². The zero-order valence-electron chi connectivity index (χ0n) is 16.2. The summed E-state index contributed by atoms with van der Waals surface area (Å²) in [4.78, 5) is 14.5. The SMILES string of the molecule is Cc1ccc(CN(C)C(=O)[C@@H](C)N(c2cc(Cl)ccc2C)S(C)(=O)=O)cc1. The molecule has 7 heteroatoms. The molecule has 0 aliphatic carbocycles. The van der Waals surface area contributed by atoms with Gasteiger partial charge in [0, 0.05) is 18.6 Å². The van der Waals surface area contributed by atoms with Crippen LogP contribution >= 0.6 is 11.6 Å². The van der Waals surface area contributed by atoms with Crippen molar-refractivity contribution < 1.29 is 13.2 Å². The average molecular weight is 409 g/mol. The van der Waals surface area contributed by atoms with E-state index in [1.807, 2.05) is 31.2 Å². The third kappa shape index (κ3) is 5.23. The Balaban J connectivity index is 2.31. The molecule has 0 radical (unpaired) electrons. The maximum absolute atomic E-state index is 13.0. The maximum Gasteiger partial charge on any atom is 0.246 e. The van der Waals surface area contributed by atoms with Crippen molar-refractivity contribution in [2.24, 2.45) is 0 Å². The average Bonchev–Trinajstić information content (AvgIpc) is 2.58. The highest BCUT2D eigenvalue weighted by Gasteiger charge is 2.32. The normalized spacial score (nSPS) is 12.5. The minimum Gasteiger partial charge on any atom is -0.340 e. The molecule has 0 unspecified atom stereocenters. The first-order valence-corrected chi connectivity index (χ1v) is 10.8. The number of halogens is 1. The van der Waals surface area contributed by atoms with Crippen LogP contribution in [0.5, 0.6) is 0 Å². The van der Waals surface area contributed by atoms with Crippen LogP contribution in [0.1, 0.15) is 23.6 Å². The first-order chi connectivity index (χ1) is 12.5. The molecule has 2 rings (SSSR count). The van der Waals surface area contributed by atoms with Crippen LogP contribution < -0.4 is 4.31 Å². The summed E-state index contributed by atoms with van der Waals surface area (Å²) >= 11 is 6.06. The van der Waals surface area contributed by atoms with E-state index in [9.17, 15) is 13.2 Å². The fourth-order valence-corrected chi connectivity index (χ4v) is 4.34. The highest BCUT2D eigenvalue weighted by molar-refractivity contribution is 7.92. The Morgan fingerprint density at radius 2 is 1.70 bits per heavy atom. The number of carbonyl (C=O) groups is 1. The molecule has 0 aliphatic rings. The molecule has 27 heavy (non-hydrogen) atoms. The predicted molar refractivity (Wildman–Crippen MR) is 111 cm³/mol. The number of rotatable bonds is 6. The van der Waals surface area contributed by atoms with E-state index in [4.69, 9.17) is 11.6 Å². The van der Waals surface area contributed by atoms with Crippen LogP contribution in [0, 0.1) is 13.8 Å². The third-order valence-corrected chi connectivity index (χ3v) is 5.85. The van der Waals surface area contributed by atoms with Gasteiger partial charge in [0.2, 0.25) is 15.9 Å². The zero-order chi connectivity index (χ0) is 20.4. The molecule has 0 saturated carbocycles. The summed E-state index contributed by atoms with van der Waals surface area (Å²) in [6.07, 6.45) is 1.09. The van der Waals surface area contributed by atoms with Gasteiger partial charge in [-0.05, 0) is 44.0 Å². The summed E-state index contributed by atoms with van der Waals surface area (Å²) in [6, 6.07) is 12.0. The predicted octanol–water partition coefficient (Wildman–Crippen LogP) is 3.77. The Kier molecular flexibility index (Phi) is 6.54. The highest BCUT2D eigenvalue weighted by atomic mass is 35.5. The van der Waals surface area contributed by atoms with Gasteiger partial charge in [-0.3, -0.25) is 9.10 Å². The number of benzene rings is 2. The van der Waals surface area contributed by atoms with E-state index in [0.717, 1.165) is 27.3 Å². The fourth-order valence-electron chi connectivity index (χ4n) is 2.96. The summed E-state index contributed by atoms with van der Waals surface area (Å²) in [5.41, 5.74) is 3.26. The minimum absolute atomic E-state index is 0.291. The van der Waals surface area contributed by atoms with Gasteiger partial charge in [0.1, 0.15) is 6.04 Å². The molecule has 5 nitrogen and oxygen atoms in total. The number of likely N-dealkylation sites (N-methyl/N-ethyl adjacent to an activating group) is 1. The third-order valence-electron chi connectivity index (χ3n) is 4.39. The lowest BCUT2D eigenvalue weighted by Gasteiger charge is -2.32. The lowest BCUT2D eigenvalue weighted by atomic mass is 10.1. The van der Waals surface area contributed by atoms with E-state index in [0.29, 0.717) is 17.3 Å². The standard InChI is InChI=1S/C20H25ClN2O3S/c1-14-6-9-17(10-7-14)13-22(4)20(24)16(3)23(27(5,25)26)19-12-18(21)11-8-15(19)2/h6-12,16H,13H2,1-5H3/t16-/m1/s1. The molecule has 0 fully saturated rings. The second-order valence-corrected chi connectivity index (χ2v) is 9.14. The van der Waals surface area contributed by atoms with Gasteiger partial charge in [-0.15, -0.1) is 0 Å². The number of aryl methyl sites for hydroxylation is 2. The van der Waals surface area contributed by atoms with Crippen LogP contribution in [-0.2, 0) is 21.4 Å². The van der Waals surface area contributed by atoms with Crippen molar-refractivity contribution in [2.75, 3.05) is 17.6 Å². The second-order valence-electron chi connectivity index (χ2n) is 6.85. The van der Waals surface area contributed by atoms with Gasteiger partial charge >= 0.3 is 0 Å². The molecule has 0 spiro atoms. The monoisotopic (exact) mass is 408 g/mol. The van der Waals surface area contributed by atoms with Crippen molar-refractivity contribution in [3.05, 3.63) is 64.2 Å². The number of nitrogens with zero attached hydrogens (tertiary/aromatic N) is 2. The van der Waals surface area contributed by atoms with E-state index in [2.05, 4.69) is 0 Å². The van der Waals surface area contributed by atoms with Crippen LogP contribution in [-0.4, -0.2) is 38.6 Å². The molecule has 1 atom stereocenters. The van der Waals surface area contributed by atoms with Crippen molar-refractivity contribution in [3.8, 4) is 0 Å². The van der Waals surface area contributed by atoms with Gasteiger partial charge in [0.25, 0.3) is 0 Å². The Morgan fingerprint density at radius 1 is 1.11 bits per heavy atom. The molecule has 0 aliphatic heterocycles. The van der Waals surface area contributed by atoms with Crippen LogP contribution in [0.2, 0.25) is 5.02 Å². The Bertz CT molecular complexity index is 927. The fraction of sp³-hybridized carbons (Fsp3) is 0.350. The van der Waals surface area contributed by atoms with E-state index >= 15 is 0 Å². The smallest absolute Gasteiger partial charge is 0.246 e. The largest absolute Gasteiger partial charge is 0.340 e. The van der Waals surface area contributed by atoms with Gasteiger partial charge in [-0.1, -0.05) is 47.5 Å². The molecule has 0 heterocycles. The van der Waals surface area contributed by atoms with E-state index in [1.54, 1.807) is 39.1 Å². The van der Waals surface area contributed by atoms with E-state index in [1.165, 1.54) is 4.90 Å². The van der Waals surface area contributed by atoms with Crippen LogP contribution in [0.4, 0.5) is 5.69 Å². The van der Waals surface area contributed by atoms with E-state index in [-0.39, 0.29) is 5.91 Å². The molecular formula is C20H25ClN2O3S. The number of hydrogen-bond donors (Lipinski definition) is 0. The minimum atomic E-state index is -3.69. The molecule has 2 aromatic carbocycles. The summed E-state index contributed by atoms with van der Waals surface area (Å²) in [7, 11) is -2.02. The van der Waals surface area contributed by atoms with Crippen molar-refractivity contribution in [2.45, 2.75) is 33.4 Å². The number of sulfonamides is 1. The molecule has 0 aromatic heterocycles. The molecule has 146 valence electrons. The Labute approximate surface area is 166 Å². The molecular weight excluding hydrogens is 384 g/mol. The quantitative estimate of drug-likeness (QED) is 0.731. The van der Waals surface area contributed by atoms with Gasteiger partial charge in [0.05, 0.1) is 11.9 Å². The lowest BCUT2D eigenvalue weighted by molar-refractivity contribution is -0.131. The molecule has 0 N–H and O–H groups in total. The lowest BCUT2D eigenvalue weighted by Crippen LogP contribution is -2.48. The number of hydrogen-bond acceptors (Lipinski definition) is 3. The molecule has 1 amide bonds. The van der Waals surface area contributed by atoms with Crippen LogP contribution in [0.25, 0.3) is 0 Å². The number of anilines is 1. The first-order valence-electron chi connectivity index (χ1n) is 8.57. The zero-order valence-corrected chi connectivity index (χ0v) is 17.8. The number of amides is 1. The highest BCUT2D eigenvalue weighted by Crippen LogP contribution is 2.28. The van der Waals surface area contributed by atoms with Crippen molar-refractivity contribution in [1.29, 1.82) is 0 Å². The summed E-state index contributed by atoms with van der Waals surface area (Å²) < 4.78 is 26.1. The van der Waals surface area contributed by atoms with Crippen molar-refractivity contribution >= 4 is 33.2 Å². The summed E-state index contributed by atoms with van der Waals surface area (Å²) in [5, 5.41) is 0.414. The topological polar surface area (TPSA) is 57.7 Å². The van der Waals surface area contributed by atoms with Gasteiger partial charge in [-0.2, -0.15) is 0 Å². The molecule has 0 saturated heterocycles. The first kappa shape index (κ1) is 21.3. The van der Waals surface area contributed by atoms with Crippen molar-refractivity contribution in [1.82, 2.24) is 4.90 Å². The molecule has 0 bridgehead atoms. The number of carbonyl (C=O) groups excluding carboxylic acids is 1. The van der Waals surface area contributed by atoms with Crippen LogP contribution in [0.15, 0.2) is 42.5 Å². The van der Waals surface area contributed by atoms with Crippen molar-refractivity contribution in [3.63, 3.8) is 0 Å². The Hall–Kier alpha value is -2.05. The van der Waals surface area contributed by atoms with Gasteiger partial charge in [0.15, 0.2) is 0 Å². The molecule has 2 aromatic rings. The summed E-state index contributed by atoms with van der Waals surface area (Å²) in [6.45, 7) is 5.78. The summed E-state index contributed by atoms with van der Waals surface area (Å²) in [5.74, 6) is -0.291. The maximum atomic E-state index is 13.0. The van der Waals surface area contributed by atoms with Gasteiger partial charge < -0.3 is 4.90 Å². The second kappa shape index (κ2) is 8.31. The van der Waals surface area contributed by atoms with Crippen LogP contribution in [0.3, 0.4) is 0 Å². The Morgan fingerprint density at radius 3 is 2.26 bits per heavy atom.